The van der Waals surface area contributed by atoms with Gasteiger partial charge in [-0.1, -0.05) is 6.42 Å². The fourth-order valence-corrected chi connectivity index (χ4v) is 1.48. The zero-order valence-electron chi connectivity index (χ0n) is 8.25. The van der Waals surface area contributed by atoms with Gasteiger partial charge in [-0.25, -0.2) is 4.98 Å². The van der Waals surface area contributed by atoms with E-state index in [2.05, 4.69) is 10.3 Å². The SMILES string of the molecule is Cc1ncoc1CNC(=O)C1CCC1. The van der Waals surface area contributed by atoms with Gasteiger partial charge < -0.3 is 9.73 Å². The molecule has 0 spiro atoms. The lowest BCUT2D eigenvalue weighted by atomic mass is 9.85. The molecule has 1 fully saturated rings. The molecule has 1 amide bonds. The number of aromatic nitrogens is 1. The third-order valence-electron chi connectivity index (χ3n) is 2.74. The third kappa shape index (κ3) is 1.78. The van der Waals surface area contributed by atoms with Gasteiger partial charge in [0.25, 0.3) is 0 Å². The molecule has 0 aromatic carbocycles. The highest BCUT2D eigenvalue weighted by Gasteiger charge is 2.24. The van der Waals surface area contributed by atoms with Crippen LogP contribution in [0.2, 0.25) is 0 Å². The van der Waals surface area contributed by atoms with Gasteiger partial charge in [-0.15, -0.1) is 0 Å². The van der Waals surface area contributed by atoms with Crippen molar-refractivity contribution in [1.29, 1.82) is 0 Å². The Hall–Kier alpha value is -1.32. The monoisotopic (exact) mass is 194 g/mol. The molecule has 1 aliphatic rings. The van der Waals surface area contributed by atoms with E-state index in [1.165, 1.54) is 12.8 Å². The van der Waals surface area contributed by atoms with Gasteiger partial charge in [0.1, 0.15) is 5.76 Å². The maximum atomic E-state index is 11.5. The number of amides is 1. The molecule has 14 heavy (non-hydrogen) atoms. The van der Waals surface area contributed by atoms with Crippen molar-refractivity contribution in [3.8, 4) is 0 Å². The van der Waals surface area contributed by atoms with Crippen molar-refractivity contribution in [3.63, 3.8) is 0 Å². The highest BCUT2D eigenvalue weighted by atomic mass is 16.3. The van der Waals surface area contributed by atoms with E-state index in [1.54, 1.807) is 0 Å². The smallest absolute Gasteiger partial charge is 0.223 e. The molecule has 2 rings (SSSR count). The number of hydrogen-bond acceptors (Lipinski definition) is 3. The molecular weight excluding hydrogens is 180 g/mol. The van der Waals surface area contributed by atoms with Gasteiger partial charge in [0.15, 0.2) is 6.39 Å². The van der Waals surface area contributed by atoms with Crippen LogP contribution in [0.1, 0.15) is 30.7 Å². The van der Waals surface area contributed by atoms with Crippen molar-refractivity contribution in [1.82, 2.24) is 10.3 Å². The normalized spacial score (nSPS) is 16.4. The Balaban J connectivity index is 1.82. The van der Waals surface area contributed by atoms with Crippen LogP contribution >= 0.6 is 0 Å². The Labute approximate surface area is 82.7 Å². The van der Waals surface area contributed by atoms with Crippen LogP contribution in [0.5, 0.6) is 0 Å². The number of carbonyl (C=O) groups excluding carboxylic acids is 1. The number of oxazole rings is 1. The second-order valence-corrected chi connectivity index (χ2v) is 3.71. The van der Waals surface area contributed by atoms with E-state index in [9.17, 15) is 4.79 Å². The van der Waals surface area contributed by atoms with Crippen LogP contribution in [0, 0.1) is 12.8 Å². The second-order valence-electron chi connectivity index (χ2n) is 3.71. The van der Waals surface area contributed by atoms with Crippen molar-refractivity contribution in [3.05, 3.63) is 17.8 Å². The van der Waals surface area contributed by atoms with Crippen LogP contribution in [0.3, 0.4) is 0 Å². The highest BCUT2D eigenvalue weighted by molar-refractivity contribution is 5.79. The summed E-state index contributed by atoms with van der Waals surface area (Å²) >= 11 is 0. The van der Waals surface area contributed by atoms with E-state index in [0.717, 1.165) is 24.3 Å². The molecule has 1 aromatic rings. The lowest BCUT2D eigenvalue weighted by Gasteiger charge is -2.23. The van der Waals surface area contributed by atoms with Crippen molar-refractivity contribution in [2.45, 2.75) is 32.7 Å². The Morgan fingerprint density at radius 3 is 3.00 bits per heavy atom. The standard InChI is InChI=1S/C10H14N2O2/c1-7-9(14-6-12-7)5-11-10(13)8-3-2-4-8/h6,8H,2-5H2,1H3,(H,11,13). The van der Waals surface area contributed by atoms with E-state index >= 15 is 0 Å². The van der Waals surface area contributed by atoms with Gasteiger partial charge in [0.05, 0.1) is 12.2 Å². The van der Waals surface area contributed by atoms with Gasteiger partial charge in [-0.3, -0.25) is 4.79 Å². The minimum atomic E-state index is 0.145. The molecule has 4 nitrogen and oxygen atoms in total. The Kier molecular flexibility index (Phi) is 2.52. The topological polar surface area (TPSA) is 55.1 Å². The fraction of sp³-hybridized carbons (Fsp3) is 0.600. The first-order chi connectivity index (χ1) is 6.77. The van der Waals surface area contributed by atoms with Gasteiger partial charge >= 0.3 is 0 Å². The molecule has 76 valence electrons. The predicted octanol–water partition coefficient (Wildman–Crippen LogP) is 1.40. The summed E-state index contributed by atoms with van der Waals surface area (Å²) in [5.74, 6) is 1.13. The number of hydrogen-bond donors (Lipinski definition) is 1. The molecule has 1 aromatic heterocycles. The van der Waals surface area contributed by atoms with E-state index in [0.29, 0.717) is 6.54 Å². The number of nitrogens with zero attached hydrogens (tertiary/aromatic N) is 1. The van der Waals surface area contributed by atoms with Crippen molar-refractivity contribution in [2.75, 3.05) is 0 Å². The quantitative estimate of drug-likeness (QED) is 0.791. The zero-order valence-corrected chi connectivity index (χ0v) is 8.25. The van der Waals surface area contributed by atoms with Crippen molar-refractivity contribution >= 4 is 5.91 Å². The van der Waals surface area contributed by atoms with E-state index in [4.69, 9.17) is 4.42 Å². The van der Waals surface area contributed by atoms with E-state index in [1.807, 2.05) is 6.92 Å². The first-order valence-corrected chi connectivity index (χ1v) is 4.94. The van der Waals surface area contributed by atoms with Gasteiger partial charge in [0.2, 0.25) is 5.91 Å². The third-order valence-corrected chi connectivity index (χ3v) is 2.74. The number of nitrogens with one attached hydrogen (secondary N) is 1. The highest BCUT2D eigenvalue weighted by Crippen LogP contribution is 2.26. The molecule has 0 unspecified atom stereocenters. The van der Waals surface area contributed by atoms with Crippen LogP contribution in [0.15, 0.2) is 10.8 Å². The summed E-state index contributed by atoms with van der Waals surface area (Å²) in [6.45, 7) is 2.33. The first-order valence-electron chi connectivity index (χ1n) is 4.94. The van der Waals surface area contributed by atoms with Crippen molar-refractivity contribution in [2.24, 2.45) is 5.92 Å². The average molecular weight is 194 g/mol. The zero-order chi connectivity index (χ0) is 9.97. The second kappa shape index (κ2) is 3.82. The summed E-state index contributed by atoms with van der Waals surface area (Å²) in [6.07, 6.45) is 4.64. The number of carbonyl (C=O) groups is 1. The first kappa shape index (κ1) is 9.24. The Morgan fingerprint density at radius 1 is 1.71 bits per heavy atom. The Bertz CT molecular complexity index is 329. The number of rotatable bonds is 3. The van der Waals surface area contributed by atoms with Gasteiger partial charge in [0, 0.05) is 5.92 Å². The lowest BCUT2D eigenvalue weighted by molar-refractivity contribution is -0.127. The molecule has 1 N–H and O–H groups in total. The van der Waals surface area contributed by atoms with Crippen LogP contribution in [-0.4, -0.2) is 10.9 Å². The van der Waals surface area contributed by atoms with Gasteiger partial charge in [-0.05, 0) is 19.8 Å². The summed E-state index contributed by atoms with van der Waals surface area (Å²) in [7, 11) is 0. The molecule has 0 bridgehead atoms. The molecule has 0 radical (unpaired) electrons. The van der Waals surface area contributed by atoms with Crippen molar-refractivity contribution < 1.29 is 9.21 Å². The summed E-state index contributed by atoms with van der Waals surface area (Å²) in [6, 6.07) is 0. The van der Waals surface area contributed by atoms with Crippen LogP contribution in [0.4, 0.5) is 0 Å². The molecule has 0 aliphatic heterocycles. The number of aryl methyl sites for hydroxylation is 1. The van der Waals surface area contributed by atoms with Crippen LogP contribution < -0.4 is 5.32 Å². The summed E-state index contributed by atoms with van der Waals surface area (Å²) in [4.78, 5) is 15.4. The molecule has 1 saturated carbocycles. The molecule has 0 atom stereocenters. The minimum absolute atomic E-state index is 0.145. The largest absolute Gasteiger partial charge is 0.446 e. The molecular formula is C10H14N2O2. The van der Waals surface area contributed by atoms with E-state index in [-0.39, 0.29) is 11.8 Å². The molecule has 1 heterocycles. The minimum Gasteiger partial charge on any atom is -0.446 e. The summed E-state index contributed by atoms with van der Waals surface area (Å²) < 4.78 is 5.12. The molecule has 4 heteroatoms. The maximum absolute atomic E-state index is 11.5. The van der Waals surface area contributed by atoms with Gasteiger partial charge in [-0.2, -0.15) is 0 Å². The summed E-state index contributed by atoms with van der Waals surface area (Å²) in [5.41, 5.74) is 0.846. The van der Waals surface area contributed by atoms with E-state index < -0.39 is 0 Å². The lowest BCUT2D eigenvalue weighted by Crippen LogP contribution is -2.34. The molecule has 0 saturated heterocycles. The summed E-state index contributed by atoms with van der Waals surface area (Å²) in [5, 5.41) is 2.86. The van der Waals surface area contributed by atoms with Crippen LogP contribution in [0.25, 0.3) is 0 Å². The fourth-order valence-electron chi connectivity index (χ4n) is 1.48. The molecule has 1 aliphatic carbocycles. The average Bonchev–Trinajstić information content (AvgIpc) is 2.44. The van der Waals surface area contributed by atoms with Crippen LogP contribution in [-0.2, 0) is 11.3 Å². The predicted molar refractivity (Wildman–Crippen MR) is 50.4 cm³/mol. The maximum Gasteiger partial charge on any atom is 0.223 e. The Morgan fingerprint density at radius 2 is 2.50 bits per heavy atom.